The Morgan fingerprint density at radius 2 is 2.00 bits per heavy atom. The van der Waals surface area contributed by atoms with Crippen molar-refractivity contribution < 1.29 is 23.1 Å². The van der Waals surface area contributed by atoms with Gasteiger partial charge in [-0.2, -0.15) is 4.72 Å². The molecule has 1 amide bonds. The van der Waals surface area contributed by atoms with Crippen LogP contribution >= 0.6 is 0 Å². The molecule has 0 spiro atoms. The van der Waals surface area contributed by atoms with Crippen LogP contribution in [0.5, 0.6) is 0 Å². The number of benzene rings is 1. The molecule has 1 aliphatic heterocycles. The molecular weight excluding hydrogens is 344 g/mol. The Bertz CT molecular complexity index is 788. The van der Waals surface area contributed by atoms with Crippen LogP contribution in [0.1, 0.15) is 39.7 Å². The third-order valence-corrected chi connectivity index (χ3v) is 5.69. The number of nitrogens with one attached hydrogen (secondary N) is 1. The Labute approximate surface area is 148 Å². The number of anilines is 1. The highest BCUT2D eigenvalue weighted by Crippen LogP contribution is 2.33. The maximum atomic E-state index is 12.6. The number of hydrogen-bond acceptors (Lipinski definition) is 4. The van der Waals surface area contributed by atoms with Gasteiger partial charge in [0.2, 0.25) is 15.9 Å². The summed E-state index contributed by atoms with van der Waals surface area (Å²) < 4.78 is 27.4. The lowest BCUT2D eigenvalue weighted by Gasteiger charge is -2.20. The highest BCUT2D eigenvalue weighted by molar-refractivity contribution is 7.89. The van der Waals surface area contributed by atoms with Gasteiger partial charge in [-0.05, 0) is 49.4 Å². The van der Waals surface area contributed by atoms with E-state index in [0.717, 1.165) is 5.56 Å². The second-order valence-corrected chi connectivity index (χ2v) is 8.59. The summed E-state index contributed by atoms with van der Waals surface area (Å²) in [7, 11) is -3.96. The Kier molecular flexibility index (Phi) is 5.53. The fourth-order valence-corrected chi connectivity index (χ4v) is 4.43. The van der Waals surface area contributed by atoms with Gasteiger partial charge in [0.15, 0.2) is 0 Å². The number of amides is 1. The number of sulfonamides is 1. The summed E-state index contributed by atoms with van der Waals surface area (Å²) in [5.41, 5.74) is 1.47. The zero-order valence-electron chi connectivity index (χ0n) is 14.8. The minimum Gasteiger partial charge on any atom is -0.480 e. The number of rotatable bonds is 6. The normalized spacial score (nSPS) is 18.3. The molecule has 2 N–H and O–H groups in total. The van der Waals surface area contributed by atoms with Crippen molar-refractivity contribution in [2.75, 3.05) is 4.90 Å². The van der Waals surface area contributed by atoms with E-state index in [1.165, 1.54) is 19.1 Å². The molecule has 1 heterocycles. The molecule has 1 aliphatic rings. The van der Waals surface area contributed by atoms with E-state index < -0.39 is 22.0 Å². The predicted molar refractivity (Wildman–Crippen MR) is 94.0 cm³/mol. The van der Waals surface area contributed by atoms with E-state index in [9.17, 15) is 23.1 Å². The molecular formula is C17H24N2O5S. The fourth-order valence-electron chi connectivity index (χ4n) is 3.18. The molecule has 2 atom stereocenters. The standard InChI is InChI=1S/C17H24N2O5S/c1-10(2)7-15(17(21)22)18-25(23,24)14-5-6-16-13(9-14)8-11(3)19(16)12(4)20/h5-6,9-11,15,18H,7-8H2,1-4H3,(H,21,22). The van der Waals surface area contributed by atoms with Crippen LogP contribution in [0.4, 0.5) is 5.69 Å². The molecule has 7 nitrogen and oxygen atoms in total. The van der Waals surface area contributed by atoms with Gasteiger partial charge >= 0.3 is 5.97 Å². The van der Waals surface area contributed by atoms with E-state index in [1.54, 1.807) is 11.0 Å². The minimum absolute atomic E-state index is 0.0128. The van der Waals surface area contributed by atoms with Crippen LogP contribution in [0.25, 0.3) is 0 Å². The third kappa shape index (κ3) is 4.19. The number of aliphatic carboxylic acids is 1. The van der Waals surface area contributed by atoms with E-state index >= 15 is 0 Å². The molecule has 0 radical (unpaired) electrons. The zero-order valence-corrected chi connectivity index (χ0v) is 15.6. The van der Waals surface area contributed by atoms with Crippen molar-refractivity contribution in [2.45, 2.75) is 57.5 Å². The van der Waals surface area contributed by atoms with Crippen molar-refractivity contribution in [1.82, 2.24) is 4.72 Å². The van der Waals surface area contributed by atoms with Crippen LogP contribution in [0, 0.1) is 5.92 Å². The molecule has 0 aromatic heterocycles. The number of carbonyl (C=O) groups is 2. The molecule has 8 heteroatoms. The summed E-state index contributed by atoms with van der Waals surface area (Å²) in [6.07, 6.45) is 0.765. The van der Waals surface area contributed by atoms with Crippen LogP contribution in [0.15, 0.2) is 23.1 Å². The molecule has 0 fully saturated rings. The summed E-state index contributed by atoms with van der Waals surface area (Å²) in [6, 6.07) is 3.32. The van der Waals surface area contributed by atoms with Crippen molar-refractivity contribution in [3.63, 3.8) is 0 Å². The number of carboxylic acids is 1. The van der Waals surface area contributed by atoms with Gasteiger partial charge in [-0.25, -0.2) is 8.42 Å². The van der Waals surface area contributed by atoms with Gasteiger partial charge in [0.25, 0.3) is 0 Å². The maximum absolute atomic E-state index is 12.6. The van der Waals surface area contributed by atoms with E-state index in [2.05, 4.69) is 4.72 Å². The Balaban J connectivity index is 2.31. The van der Waals surface area contributed by atoms with Gasteiger partial charge in [-0.3, -0.25) is 9.59 Å². The number of carbonyl (C=O) groups excluding carboxylic acids is 1. The first kappa shape index (κ1) is 19.4. The van der Waals surface area contributed by atoms with Crippen molar-refractivity contribution in [1.29, 1.82) is 0 Å². The second-order valence-electron chi connectivity index (χ2n) is 6.87. The van der Waals surface area contributed by atoms with Crippen molar-refractivity contribution >= 4 is 27.6 Å². The third-order valence-electron chi connectivity index (χ3n) is 4.22. The maximum Gasteiger partial charge on any atom is 0.321 e. The lowest BCUT2D eigenvalue weighted by atomic mass is 10.1. The molecule has 0 saturated carbocycles. The molecule has 1 aromatic carbocycles. The van der Waals surface area contributed by atoms with Crippen molar-refractivity contribution in [3.05, 3.63) is 23.8 Å². The summed E-state index contributed by atoms with van der Waals surface area (Å²) in [4.78, 5) is 24.7. The van der Waals surface area contributed by atoms with Gasteiger partial charge in [0.1, 0.15) is 6.04 Å². The first-order chi connectivity index (χ1) is 11.5. The first-order valence-corrected chi connectivity index (χ1v) is 9.69. The molecule has 1 aromatic rings. The second kappa shape index (κ2) is 7.13. The fraction of sp³-hybridized carbons (Fsp3) is 0.529. The number of hydrogen-bond donors (Lipinski definition) is 2. The Morgan fingerprint density at radius 1 is 1.36 bits per heavy atom. The summed E-state index contributed by atoms with van der Waals surface area (Å²) >= 11 is 0. The van der Waals surface area contributed by atoms with Gasteiger partial charge in [-0.15, -0.1) is 0 Å². The smallest absolute Gasteiger partial charge is 0.321 e. The summed E-state index contributed by atoms with van der Waals surface area (Å²) in [5.74, 6) is -1.26. The zero-order chi connectivity index (χ0) is 18.9. The van der Waals surface area contributed by atoms with Gasteiger partial charge in [-0.1, -0.05) is 13.8 Å². The monoisotopic (exact) mass is 368 g/mol. The predicted octanol–water partition coefficient (Wildman–Crippen LogP) is 1.76. The molecule has 0 saturated heterocycles. The average molecular weight is 368 g/mol. The van der Waals surface area contributed by atoms with E-state index in [0.29, 0.717) is 12.1 Å². The van der Waals surface area contributed by atoms with E-state index in [1.807, 2.05) is 20.8 Å². The molecule has 138 valence electrons. The Hall–Kier alpha value is -1.93. The highest BCUT2D eigenvalue weighted by Gasteiger charge is 2.31. The molecule has 2 unspecified atom stereocenters. The van der Waals surface area contributed by atoms with Gasteiger partial charge in [0, 0.05) is 18.7 Å². The number of fused-ring (bicyclic) bond motifs is 1. The van der Waals surface area contributed by atoms with Crippen molar-refractivity contribution in [2.24, 2.45) is 5.92 Å². The summed E-state index contributed by atoms with van der Waals surface area (Å²) in [5, 5.41) is 9.25. The van der Waals surface area contributed by atoms with E-state index in [4.69, 9.17) is 0 Å². The quantitative estimate of drug-likeness (QED) is 0.796. The largest absolute Gasteiger partial charge is 0.480 e. The van der Waals surface area contributed by atoms with Gasteiger partial charge < -0.3 is 10.0 Å². The van der Waals surface area contributed by atoms with Gasteiger partial charge in [0.05, 0.1) is 4.90 Å². The lowest BCUT2D eigenvalue weighted by molar-refractivity contribution is -0.139. The number of carboxylic acid groups (broad SMARTS) is 1. The SMILES string of the molecule is CC(=O)N1c2ccc(S(=O)(=O)NC(CC(C)C)C(=O)O)cc2CC1C. The van der Waals surface area contributed by atoms with Crippen LogP contribution in [-0.2, 0) is 26.0 Å². The topological polar surface area (TPSA) is 104 Å². The average Bonchev–Trinajstić information content (AvgIpc) is 2.80. The molecule has 2 rings (SSSR count). The summed E-state index contributed by atoms with van der Waals surface area (Å²) in [6.45, 7) is 7.03. The molecule has 25 heavy (non-hydrogen) atoms. The first-order valence-electron chi connectivity index (χ1n) is 8.20. The Morgan fingerprint density at radius 3 is 2.52 bits per heavy atom. The number of nitrogens with zero attached hydrogens (tertiary/aromatic N) is 1. The van der Waals surface area contributed by atoms with Crippen LogP contribution < -0.4 is 9.62 Å². The van der Waals surface area contributed by atoms with Crippen molar-refractivity contribution in [3.8, 4) is 0 Å². The molecule has 0 aliphatic carbocycles. The van der Waals surface area contributed by atoms with Crippen LogP contribution in [-0.4, -0.2) is 37.5 Å². The molecule has 0 bridgehead atoms. The minimum atomic E-state index is -3.96. The lowest BCUT2D eigenvalue weighted by Crippen LogP contribution is -2.41. The highest BCUT2D eigenvalue weighted by atomic mass is 32.2. The van der Waals surface area contributed by atoms with E-state index in [-0.39, 0.29) is 29.2 Å². The van der Waals surface area contributed by atoms with Crippen LogP contribution in [0.2, 0.25) is 0 Å². The van der Waals surface area contributed by atoms with Crippen LogP contribution in [0.3, 0.4) is 0 Å².